The molecule has 6 aromatic rings. The zero-order chi connectivity index (χ0) is 30.4. The maximum absolute atomic E-state index is 14.6. The van der Waals surface area contributed by atoms with Crippen LogP contribution in [-0.4, -0.2) is 79.4 Å². The van der Waals surface area contributed by atoms with E-state index in [9.17, 15) is 9.59 Å². The predicted molar refractivity (Wildman–Crippen MR) is 162 cm³/mol. The molecule has 2 N–H and O–H groups in total. The minimum Gasteiger partial charge on any atom is -0.465 e. The SMILES string of the molecule is COC(=O)c1cccc(N2CCN(C(=O)C(C)(c3ccccc3)n3ncc4c3nc(N)n3nc(-c5ccco5)nc43)CC2)c1. The van der Waals surface area contributed by atoms with E-state index in [0.29, 0.717) is 60.0 Å². The van der Waals surface area contributed by atoms with Crippen LogP contribution in [0, 0.1) is 0 Å². The molecule has 13 heteroatoms. The highest BCUT2D eigenvalue weighted by Crippen LogP contribution is 2.33. The van der Waals surface area contributed by atoms with Gasteiger partial charge in [-0.1, -0.05) is 36.4 Å². The summed E-state index contributed by atoms with van der Waals surface area (Å²) in [6.45, 7) is 3.96. The summed E-state index contributed by atoms with van der Waals surface area (Å²) in [4.78, 5) is 39.9. The number of esters is 1. The third-order valence-electron chi connectivity index (χ3n) is 8.15. The number of furan rings is 1. The largest absolute Gasteiger partial charge is 0.465 e. The summed E-state index contributed by atoms with van der Waals surface area (Å²) in [6, 6.07) is 20.4. The average molecular weight is 592 g/mol. The molecule has 44 heavy (non-hydrogen) atoms. The van der Waals surface area contributed by atoms with Crippen molar-refractivity contribution in [3.05, 3.63) is 90.3 Å². The van der Waals surface area contributed by atoms with E-state index in [1.54, 1.807) is 35.3 Å². The van der Waals surface area contributed by atoms with Gasteiger partial charge in [0, 0.05) is 31.9 Å². The van der Waals surface area contributed by atoms with Crippen LogP contribution < -0.4 is 10.6 Å². The van der Waals surface area contributed by atoms with Gasteiger partial charge in [-0.15, -0.1) is 5.10 Å². The topological polar surface area (TPSA) is 150 Å². The summed E-state index contributed by atoms with van der Waals surface area (Å²) in [6.07, 6.45) is 3.19. The Balaban J connectivity index is 1.25. The Labute approximate surface area is 251 Å². The molecule has 0 bridgehead atoms. The van der Waals surface area contributed by atoms with Gasteiger partial charge in [0.05, 0.1) is 30.5 Å². The molecule has 0 radical (unpaired) electrons. The first-order chi connectivity index (χ1) is 21.4. The predicted octanol–water partition coefficient (Wildman–Crippen LogP) is 3.22. The Morgan fingerprint density at radius 3 is 2.48 bits per heavy atom. The van der Waals surface area contributed by atoms with Crippen LogP contribution in [0.1, 0.15) is 22.8 Å². The van der Waals surface area contributed by atoms with Crippen molar-refractivity contribution < 1.29 is 18.7 Å². The van der Waals surface area contributed by atoms with Gasteiger partial charge in [0.15, 0.2) is 22.6 Å². The van der Waals surface area contributed by atoms with Crippen LogP contribution >= 0.6 is 0 Å². The number of anilines is 2. The number of hydrogen-bond acceptors (Lipinski definition) is 10. The number of methoxy groups -OCH3 is 1. The molecular formula is C31H29N9O4. The van der Waals surface area contributed by atoms with E-state index in [0.717, 1.165) is 11.3 Å². The number of aromatic nitrogens is 6. The Morgan fingerprint density at radius 1 is 0.955 bits per heavy atom. The van der Waals surface area contributed by atoms with Crippen molar-refractivity contribution in [1.82, 2.24) is 34.3 Å². The lowest BCUT2D eigenvalue weighted by Crippen LogP contribution is -2.56. The number of nitrogen functional groups attached to an aromatic ring is 1. The molecule has 1 unspecified atom stereocenters. The lowest BCUT2D eigenvalue weighted by Gasteiger charge is -2.41. The molecule has 13 nitrogen and oxygen atoms in total. The standard InChI is InChI=1S/C31H29N9O4/c1-31(21-9-4-3-5-10-21,29(42)38-15-13-37(14-16-38)22-11-6-8-20(18-22)28(41)43-2)40-27-23(19-33-40)26-34-25(24-12-7-17-44-24)36-39(26)30(32)35-27/h3-12,17-19H,13-16H2,1-2H3,(H2,32,35). The molecule has 1 amide bonds. The highest BCUT2D eigenvalue weighted by molar-refractivity contribution is 5.94. The first kappa shape index (κ1) is 27.1. The minimum absolute atomic E-state index is 0.102. The second kappa shape index (κ2) is 10.5. The third-order valence-corrected chi connectivity index (χ3v) is 8.15. The van der Waals surface area contributed by atoms with E-state index in [2.05, 4.69) is 20.0 Å². The molecule has 222 valence electrons. The number of hydrogen-bond donors (Lipinski definition) is 1. The quantitative estimate of drug-likeness (QED) is 0.286. The molecule has 1 saturated heterocycles. The number of piperazine rings is 1. The number of benzene rings is 2. The number of carbonyl (C=O) groups excluding carboxylic acids is 2. The maximum atomic E-state index is 14.6. The molecule has 7 rings (SSSR count). The van der Waals surface area contributed by atoms with Crippen molar-refractivity contribution in [2.24, 2.45) is 0 Å². The van der Waals surface area contributed by atoms with Gasteiger partial charge in [0.2, 0.25) is 11.8 Å². The van der Waals surface area contributed by atoms with Crippen molar-refractivity contribution in [1.29, 1.82) is 0 Å². The minimum atomic E-state index is -1.25. The number of carbonyl (C=O) groups is 2. The van der Waals surface area contributed by atoms with E-state index in [1.807, 2.05) is 60.4 Å². The van der Waals surface area contributed by atoms with E-state index in [1.165, 1.54) is 11.6 Å². The van der Waals surface area contributed by atoms with Crippen molar-refractivity contribution >= 4 is 40.2 Å². The van der Waals surface area contributed by atoms with Crippen LogP contribution in [0.5, 0.6) is 0 Å². The first-order valence-electron chi connectivity index (χ1n) is 14.1. The zero-order valence-electron chi connectivity index (χ0n) is 24.1. The van der Waals surface area contributed by atoms with Gasteiger partial charge in [0.1, 0.15) is 0 Å². The third kappa shape index (κ3) is 4.32. The van der Waals surface area contributed by atoms with Crippen molar-refractivity contribution in [2.75, 3.05) is 43.9 Å². The summed E-state index contributed by atoms with van der Waals surface area (Å²) in [5, 5.41) is 9.78. The lowest BCUT2D eigenvalue weighted by molar-refractivity contribution is -0.138. The highest BCUT2D eigenvalue weighted by atomic mass is 16.5. The molecule has 1 aliphatic rings. The number of amides is 1. The number of fused-ring (bicyclic) bond motifs is 3. The van der Waals surface area contributed by atoms with Gasteiger partial charge in [-0.3, -0.25) is 4.79 Å². The highest BCUT2D eigenvalue weighted by Gasteiger charge is 2.43. The molecular weight excluding hydrogens is 562 g/mol. The molecule has 1 fully saturated rings. The number of nitrogens with two attached hydrogens (primary N) is 1. The first-order valence-corrected chi connectivity index (χ1v) is 14.1. The second-order valence-corrected chi connectivity index (χ2v) is 10.7. The van der Waals surface area contributed by atoms with Crippen LogP contribution in [0.15, 0.2) is 83.6 Å². The molecule has 0 aliphatic carbocycles. The summed E-state index contributed by atoms with van der Waals surface area (Å²) < 4.78 is 13.4. The van der Waals surface area contributed by atoms with Gasteiger partial charge in [-0.25, -0.2) is 14.5 Å². The van der Waals surface area contributed by atoms with Gasteiger partial charge in [0.25, 0.3) is 5.91 Å². The van der Waals surface area contributed by atoms with E-state index < -0.39 is 5.54 Å². The normalized spacial score (nSPS) is 15.0. The van der Waals surface area contributed by atoms with Gasteiger partial charge in [-0.2, -0.15) is 14.6 Å². The van der Waals surface area contributed by atoms with Crippen LogP contribution in [0.2, 0.25) is 0 Å². The number of ether oxygens (including phenoxy) is 1. The Morgan fingerprint density at radius 2 is 1.75 bits per heavy atom. The van der Waals surface area contributed by atoms with Gasteiger partial charge in [-0.05, 0) is 42.8 Å². The summed E-state index contributed by atoms with van der Waals surface area (Å²) in [5.41, 5.74) is 8.12. The molecule has 2 aromatic carbocycles. The molecule has 1 aliphatic heterocycles. The Hall–Kier alpha value is -5.72. The Kier molecular flexibility index (Phi) is 6.49. The van der Waals surface area contributed by atoms with E-state index >= 15 is 0 Å². The van der Waals surface area contributed by atoms with Crippen LogP contribution in [0.4, 0.5) is 11.6 Å². The van der Waals surface area contributed by atoms with Crippen LogP contribution in [0.3, 0.4) is 0 Å². The van der Waals surface area contributed by atoms with Crippen molar-refractivity contribution in [3.63, 3.8) is 0 Å². The molecule has 0 saturated carbocycles. The average Bonchev–Trinajstić information content (AvgIpc) is 3.85. The van der Waals surface area contributed by atoms with Crippen LogP contribution in [0.25, 0.3) is 28.3 Å². The summed E-state index contributed by atoms with van der Waals surface area (Å²) in [7, 11) is 1.36. The summed E-state index contributed by atoms with van der Waals surface area (Å²) >= 11 is 0. The van der Waals surface area contributed by atoms with Crippen molar-refractivity contribution in [2.45, 2.75) is 12.5 Å². The van der Waals surface area contributed by atoms with Gasteiger partial charge >= 0.3 is 5.97 Å². The fraction of sp³-hybridized carbons (Fsp3) is 0.226. The van der Waals surface area contributed by atoms with Crippen LogP contribution in [-0.2, 0) is 15.1 Å². The number of rotatable bonds is 6. The second-order valence-electron chi connectivity index (χ2n) is 10.7. The number of nitrogens with zero attached hydrogens (tertiary/aromatic N) is 8. The van der Waals surface area contributed by atoms with E-state index in [4.69, 9.17) is 20.0 Å². The molecule has 4 aromatic heterocycles. The summed E-state index contributed by atoms with van der Waals surface area (Å²) in [5.74, 6) is 0.440. The Bertz CT molecular complexity index is 1990. The fourth-order valence-corrected chi connectivity index (χ4v) is 5.77. The van der Waals surface area contributed by atoms with Gasteiger partial charge < -0.3 is 24.7 Å². The van der Waals surface area contributed by atoms with E-state index in [-0.39, 0.29) is 17.8 Å². The maximum Gasteiger partial charge on any atom is 0.337 e. The molecule has 5 heterocycles. The molecule has 1 atom stereocenters. The lowest BCUT2D eigenvalue weighted by atomic mass is 9.90. The smallest absolute Gasteiger partial charge is 0.337 e. The molecule has 0 spiro atoms. The fourth-order valence-electron chi connectivity index (χ4n) is 5.77. The monoisotopic (exact) mass is 591 g/mol. The van der Waals surface area contributed by atoms with Crippen molar-refractivity contribution in [3.8, 4) is 11.6 Å². The zero-order valence-corrected chi connectivity index (χ0v) is 24.1.